The van der Waals surface area contributed by atoms with Crippen molar-refractivity contribution in [2.45, 2.75) is 13.0 Å². The monoisotopic (exact) mass is 236 g/mol. The first kappa shape index (κ1) is 11.0. The normalized spacial score (nSPS) is 12.4. The van der Waals surface area contributed by atoms with Crippen LogP contribution in [0.3, 0.4) is 0 Å². The highest BCUT2D eigenvalue weighted by Gasteiger charge is 2.10. The zero-order valence-electron chi connectivity index (χ0n) is 9.04. The summed E-state index contributed by atoms with van der Waals surface area (Å²) in [6.07, 6.45) is 1.67. The lowest BCUT2D eigenvalue weighted by molar-refractivity contribution is 0.398. The number of ether oxygens (including phenoxy) is 1. The molecular formula is C10H12N4OS. The van der Waals surface area contributed by atoms with Crippen molar-refractivity contribution >= 4 is 11.5 Å². The van der Waals surface area contributed by atoms with E-state index >= 15 is 0 Å². The average molecular weight is 236 g/mol. The second kappa shape index (κ2) is 4.54. The van der Waals surface area contributed by atoms with Gasteiger partial charge in [0.05, 0.1) is 13.2 Å². The summed E-state index contributed by atoms with van der Waals surface area (Å²) in [5.41, 5.74) is 6.62. The van der Waals surface area contributed by atoms with Crippen molar-refractivity contribution in [3.05, 3.63) is 23.3 Å². The fourth-order valence-electron chi connectivity index (χ4n) is 1.20. The highest BCUT2D eigenvalue weighted by Crippen LogP contribution is 2.22. The summed E-state index contributed by atoms with van der Waals surface area (Å²) in [7, 11) is 1.58. The fourth-order valence-corrected chi connectivity index (χ4v) is 1.82. The van der Waals surface area contributed by atoms with Gasteiger partial charge in [0, 0.05) is 17.8 Å². The van der Waals surface area contributed by atoms with E-state index in [-0.39, 0.29) is 6.04 Å². The molecule has 2 aromatic heterocycles. The largest absolute Gasteiger partial charge is 0.481 e. The molecule has 2 heterocycles. The number of rotatable bonds is 3. The van der Waals surface area contributed by atoms with E-state index in [2.05, 4.69) is 14.3 Å². The molecule has 6 heteroatoms. The van der Waals surface area contributed by atoms with Crippen LogP contribution in [0.4, 0.5) is 0 Å². The van der Waals surface area contributed by atoms with Gasteiger partial charge in [-0.05, 0) is 24.5 Å². The number of methoxy groups -OCH3 is 1. The predicted molar refractivity (Wildman–Crippen MR) is 62.3 cm³/mol. The lowest BCUT2D eigenvalue weighted by Gasteiger charge is -1.99. The SMILES string of the molecule is COc1cc(-c2nsc([C@H](C)N)n2)ccn1. The van der Waals surface area contributed by atoms with Crippen LogP contribution in [-0.2, 0) is 0 Å². The van der Waals surface area contributed by atoms with Gasteiger partial charge in [0.1, 0.15) is 5.01 Å². The fraction of sp³-hybridized carbons (Fsp3) is 0.300. The quantitative estimate of drug-likeness (QED) is 0.876. The van der Waals surface area contributed by atoms with Crippen molar-refractivity contribution in [3.8, 4) is 17.3 Å². The molecule has 2 aromatic rings. The summed E-state index contributed by atoms with van der Waals surface area (Å²) in [6.45, 7) is 1.89. The first-order valence-electron chi connectivity index (χ1n) is 4.80. The van der Waals surface area contributed by atoms with E-state index in [4.69, 9.17) is 10.5 Å². The Hall–Kier alpha value is -1.53. The van der Waals surface area contributed by atoms with Crippen molar-refractivity contribution in [2.24, 2.45) is 5.73 Å². The minimum atomic E-state index is -0.0880. The maximum atomic E-state index is 5.73. The Balaban J connectivity index is 2.34. The highest BCUT2D eigenvalue weighted by atomic mass is 32.1. The summed E-state index contributed by atoms with van der Waals surface area (Å²) in [4.78, 5) is 8.38. The van der Waals surface area contributed by atoms with Crippen LogP contribution in [0.2, 0.25) is 0 Å². The molecule has 0 amide bonds. The molecule has 0 saturated heterocycles. The van der Waals surface area contributed by atoms with Crippen molar-refractivity contribution in [3.63, 3.8) is 0 Å². The summed E-state index contributed by atoms with van der Waals surface area (Å²) in [6, 6.07) is 3.55. The molecule has 0 aromatic carbocycles. The molecule has 5 nitrogen and oxygen atoms in total. The van der Waals surface area contributed by atoms with Gasteiger partial charge >= 0.3 is 0 Å². The van der Waals surface area contributed by atoms with Crippen LogP contribution >= 0.6 is 11.5 Å². The minimum absolute atomic E-state index is 0.0880. The first-order chi connectivity index (χ1) is 7.70. The predicted octanol–water partition coefficient (Wildman–Crippen LogP) is 1.63. The zero-order valence-corrected chi connectivity index (χ0v) is 9.86. The van der Waals surface area contributed by atoms with E-state index in [1.807, 2.05) is 13.0 Å². The summed E-state index contributed by atoms with van der Waals surface area (Å²) in [5.74, 6) is 1.22. The molecule has 84 valence electrons. The van der Waals surface area contributed by atoms with Crippen LogP contribution in [-0.4, -0.2) is 21.5 Å². The topological polar surface area (TPSA) is 73.9 Å². The molecule has 1 atom stereocenters. The van der Waals surface area contributed by atoms with Crippen LogP contribution in [0, 0.1) is 0 Å². The number of nitrogens with two attached hydrogens (primary N) is 1. The lowest BCUT2D eigenvalue weighted by Crippen LogP contribution is -2.03. The van der Waals surface area contributed by atoms with Crippen LogP contribution in [0.15, 0.2) is 18.3 Å². The molecule has 0 saturated carbocycles. The van der Waals surface area contributed by atoms with E-state index in [1.165, 1.54) is 11.5 Å². The van der Waals surface area contributed by atoms with Gasteiger partial charge in [-0.2, -0.15) is 4.37 Å². The number of pyridine rings is 1. The zero-order chi connectivity index (χ0) is 11.5. The molecule has 0 spiro atoms. The molecule has 0 aliphatic rings. The van der Waals surface area contributed by atoms with Gasteiger partial charge in [-0.1, -0.05) is 0 Å². The van der Waals surface area contributed by atoms with E-state index in [1.54, 1.807) is 19.4 Å². The molecule has 16 heavy (non-hydrogen) atoms. The van der Waals surface area contributed by atoms with Crippen LogP contribution in [0.5, 0.6) is 5.88 Å². The summed E-state index contributed by atoms with van der Waals surface area (Å²) < 4.78 is 9.29. The molecule has 0 aliphatic carbocycles. The molecule has 0 aliphatic heterocycles. The number of aromatic nitrogens is 3. The van der Waals surface area contributed by atoms with Crippen LogP contribution in [0.1, 0.15) is 18.0 Å². The van der Waals surface area contributed by atoms with Gasteiger partial charge in [0.25, 0.3) is 0 Å². The van der Waals surface area contributed by atoms with Crippen LogP contribution < -0.4 is 10.5 Å². The van der Waals surface area contributed by atoms with E-state index in [9.17, 15) is 0 Å². The van der Waals surface area contributed by atoms with E-state index in [0.29, 0.717) is 11.7 Å². The average Bonchev–Trinajstić information content (AvgIpc) is 2.78. The van der Waals surface area contributed by atoms with E-state index in [0.717, 1.165) is 10.6 Å². The third-order valence-corrected chi connectivity index (χ3v) is 2.95. The Morgan fingerprint density at radius 1 is 1.50 bits per heavy atom. The first-order valence-corrected chi connectivity index (χ1v) is 5.57. The highest BCUT2D eigenvalue weighted by molar-refractivity contribution is 7.05. The van der Waals surface area contributed by atoms with Crippen LogP contribution in [0.25, 0.3) is 11.4 Å². The van der Waals surface area contributed by atoms with Gasteiger partial charge in [-0.3, -0.25) is 0 Å². The molecule has 2 N–H and O–H groups in total. The standard InChI is InChI=1S/C10H12N4OS/c1-6(11)10-13-9(14-16-10)7-3-4-12-8(5-7)15-2/h3-6H,11H2,1-2H3/t6-/m0/s1. The smallest absolute Gasteiger partial charge is 0.213 e. The molecule has 0 unspecified atom stereocenters. The Morgan fingerprint density at radius 2 is 2.31 bits per heavy atom. The lowest BCUT2D eigenvalue weighted by atomic mass is 10.2. The minimum Gasteiger partial charge on any atom is -0.481 e. The van der Waals surface area contributed by atoms with Gasteiger partial charge in [0.2, 0.25) is 5.88 Å². The van der Waals surface area contributed by atoms with Gasteiger partial charge < -0.3 is 10.5 Å². The third-order valence-electron chi connectivity index (χ3n) is 2.03. The Bertz CT molecular complexity index is 483. The summed E-state index contributed by atoms with van der Waals surface area (Å²) >= 11 is 1.32. The maximum Gasteiger partial charge on any atom is 0.213 e. The van der Waals surface area contributed by atoms with E-state index < -0.39 is 0 Å². The second-order valence-corrected chi connectivity index (χ2v) is 4.12. The Morgan fingerprint density at radius 3 is 2.94 bits per heavy atom. The number of hydrogen-bond donors (Lipinski definition) is 1. The van der Waals surface area contributed by atoms with Gasteiger partial charge in [-0.15, -0.1) is 0 Å². The van der Waals surface area contributed by atoms with Gasteiger partial charge in [-0.25, -0.2) is 9.97 Å². The molecule has 0 bridgehead atoms. The Kier molecular flexibility index (Phi) is 3.12. The molecule has 0 radical (unpaired) electrons. The molecule has 2 rings (SSSR count). The number of nitrogens with zero attached hydrogens (tertiary/aromatic N) is 3. The Labute approximate surface area is 97.5 Å². The number of hydrogen-bond acceptors (Lipinski definition) is 6. The molecule has 0 fully saturated rings. The van der Waals surface area contributed by atoms with Crippen molar-refractivity contribution in [2.75, 3.05) is 7.11 Å². The maximum absolute atomic E-state index is 5.73. The van der Waals surface area contributed by atoms with Crippen molar-refractivity contribution in [1.29, 1.82) is 0 Å². The second-order valence-electron chi connectivity index (χ2n) is 3.33. The van der Waals surface area contributed by atoms with Crippen molar-refractivity contribution in [1.82, 2.24) is 14.3 Å². The summed E-state index contributed by atoms with van der Waals surface area (Å²) in [5, 5.41) is 0.825. The van der Waals surface area contributed by atoms with Crippen molar-refractivity contribution < 1.29 is 4.74 Å². The van der Waals surface area contributed by atoms with Gasteiger partial charge in [0.15, 0.2) is 5.82 Å². The molecular weight excluding hydrogens is 224 g/mol. The third kappa shape index (κ3) is 2.17.